The highest BCUT2D eigenvalue weighted by molar-refractivity contribution is 5.94. The molecule has 5 nitrogen and oxygen atoms in total. The summed E-state index contributed by atoms with van der Waals surface area (Å²) in [7, 11) is 1.69. The summed E-state index contributed by atoms with van der Waals surface area (Å²) in [6.07, 6.45) is 3.30. The van der Waals surface area contributed by atoms with Crippen LogP contribution in [0.2, 0.25) is 0 Å². The van der Waals surface area contributed by atoms with Crippen LogP contribution in [0.1, 0.15) is 15.9 Å². The third-order valence-electron chi connectivity index (χ3n) is 4.15. The molecule has 0 atom stereocenters. The number of nitrogens with zero attached hydrogens (tertiary/aromatic N) is 3. The second-order valence-corrected chi connectivity index (χ2v) is 5.70. The highest BCUT2D eigenvalue weighted by Crippen LogP contribution is 2.30. The lowest BCUT2D eigenvalue weighted by Crippen LogP contribution is -2.48. The monoisotopic (exact) mass is 311 g/mol. The number of ether oxygens (including phenoxy) is 1. The van der Waals surface area contributed by atoms with Gasteiger partial charge in [-0.1, -0.05) is 6.07 Å². The highest BCUT2D eigenvalue weighted by atomic mass is 16.5. The number of carbonyl (C=O) groups excluding carboxylic acids is 1. The van der Waals surface area contributed by atoms with Crippen molar-refractivity contribution in [3.63, 3.8) is 0 Å². The molecule has 3 rings (SSSR count). The van der Waals surface area contributed by atoms with Crippen molar-refractivity contribution < 1.29 is 9.53 Å². The molecule has 0 unspecified atom stereocenters. The Hall–Kier alpha value is -2.56. The summed E-state index contributed by atoms with van der Waals surface area (Å²) in [6, 6.07) is 9.78. The van der Waals surface area contributed by atoms with E-state index in [0.717, 1.165) is 24.5 Å². The van der Waals surface area contributed by atoms with E-state index in [4.69, 9.17) is 4.74 Å². The number of aryl methyl sites for hydroxylation is 1. The standard InChI is InChI=1S/C18H21N3O2/c1-14-5-6-17(23-2)16(12-14)20-8-10-21(11-9-20)18(22)15-4-3-7-19-13-15/h3-7,12-13H,8-11H2,1-2H3. The van der Waals surface area contributed by atoms with Crippen molar-refractivity contribution in [3.05, 3.63) is 53.9 Å². The van der Waals surface area contributed by atoms with Crippen molar-refractivity contribution in [1.82, 2.24) is 9.88 Å². The predicted octanol–water partition coefficient (Wildman–Crippen LogP) is 2.36. The normalized spacial score (nSPS) is 14.7. The molecule has 0 bridgehead atoms. The summed E-state index contributed by atoms with van der Waals surface area (Å²) in [5.41, 5.74) is 2.95. The number of methoxy groups -OCH3 is 1. The first kappa shape index (κ1) is 15.3. The van der Waals surface area contributed by atoms with Crippen LogP contribution in [0.5, 0.6) is 5.75 Å². The minimum Gasteiger partial charge on any atom is -0.495 e. The second-order valence-electron chi connectivity index (χ2n) is 5.70. The number of pyridine rings is 1. The minimum atomic E-state index is 0.0500. The van der Waals surface area contributed by atoms with E-state index in [1.165, 1.54) is 5.56 Å². The van der Waals surface area contributed by atoms with Gasteiger partial charge in [-0.05, 0) is 36.8 Å². The Balaban J connectivity index is 1.69. The molecule has 0 spiro atoms. The summed E-state index contributed by atoms with van der Waals surface area (Å²) in [6.45, 7) is 5.07. The van der Waals surface area contributed by atoms with Gasteiger partial charge in [0.2, 0.25) is 0 Å². The Morgan fingerprint density at radius 2 is 1.96 bits per heavy atom. The molecular weight excluding hydrogens is 290 g/mol. The zero-order chi connectivity index (χ0) is 16.2. The van der Waals surface area contributed by atoms with Gasteiger partial charge in [0, 0.05) is 38.6 Å². The van der Waals surface area contributed by atoms with Crippen LogP contribution in [0.3, 0.4) is 0 Å². The largest absolute Gasteiger partial charge is 0.495 e. The zero-order valence-corrected chi connectivity index (χ0v) is 13.5. The van der Waals surface area contributed by atoms with Crippen LogP contribution < -0.4 is 9.64 Å². The fourth-order valence-corrected chi connectivity index (χ4v) is 2.87. The Morgan fingerprint density at radius 3 is 2.61 bits per heavy atom. The number of piperazine rings is 1. The molecule has 2 aromatic rings. The summed E-state index contributed by atoms with van der Waals surface area (Å²) in [5, 5.41) is 0. The van der Waals surface area contributed by atoms with Crippen LogP contribution in [0.25, 0.3) is 0 Å². The van der Waals surface area contributed by atoms with Gasteiger partial charge < -0.3 is 14.5 Å². The first-order chi connectivity index (χ1) is 11.2. The zero-order valence-electron chi connectivity index (χ0n) is 13.5. The molecule has 0 radical (unpaired) electrons. The number of rotatable bonds is 3. The molecule has 2 heterocycles. The van der Waals surface area contributed by atoms with Gasteiger partial charge in [-0.15, -0.1) is 0 Å². The van der Waals surface area contributed by atoms with E-state index in [9.17, 15) is 4.79 Å². The van der Waals surface area contributed by atoms with E-state index in [0.29, 0.717) is 18.7 Å². The summed E-state index contributed by atoms with van der Waals surface area (Å²) >= 11 is 0. The lowest BCUT2D eigenvalue weighted by Gasteiger charge is -2.36. The van der Waals surface area contributed by atoms with Crippen molar-refractivity contribution >= 4 is 11.6 Å². The summed E-state index contributed by atoms with van der Waals surface area (Å²) in [5.74, 6) is 0.927. The first-order valence-corrected chi connectivity index (χ1v) is 7.78. The molecule has 1 fully saturated rings. The number of hydrogen-bond donors (Lipinski definition) is 0. The molecule has 1 aliphatic rings. The smallest absolute Gasteiger partial charge is 0.255 e. The summed E-state index contributed by atoms with van der Waals surface area (Å²) < 4.78 is 5.47. The van der Waals surface area contributed by atoms with Crippen LogP contribution in [0.15, 0.2) is 42.7 Å². The first-order valence-electron chi connectivity index (χ1n) is 7.78. The van der Waals surface area contributed by atoms with Crippen LogP contribution in [-0.2, 0) is 0 Å². The van der Waals surface area contributed by atoms with Gasteiger partial charge in [-0.2, -0.15) is 0 Å². The molecule has 0 N–H and O–H groups in total. The maximum atomic E-state index is 12.5. The average molecular weight is 311 g/mol. The number of hydrogen-bond acceptors (Lipinski definition) is 4. The lowest BCUT2D eigenvalue weighted by molar-refractivity contribution is 0.0746. The molecule has 1 saturated heterocycles. The van der Waals surface area contributed by atoms with Crippen molar-refractivity contribution in [2.24, 2.45) is 0 Å². The molecule has 0 aliphatic carbocycles. The van der Waals surface area contributed by atoms with Gasteiger partial charge in [0.15, 0.2) is 0 Å². The SMILES string of the molecule is COc1ccc(C)cc1N1CCN(C(=O)c2cccnc2)CC1. The molecule has 1 aromatic carbocycles. The van der Waals surface area contributed by atoms with Crippen LogP contribution >= 0.6 is 0 Å². The number of benzene rings is 1. The molecule has 120 valence electrons. The fraction of sp³-hybridized carbons (Fsp3) is 0.333. The van der Waals surface area contributed by atoms with Crippen molar-refractivity contribution in [2.75, 3.05) is 38.2 Å². The van der Waals surface area contributed by atoms with Crippen LogP contribution in [-0.4, -0.2) is 49.1 Å². The summed E-state index contributed by atoms with van der Waals surface area (Å²) in [4.78, 5) is 20.6. The number of aromatic nitrogens is 1. The molecule has 1 aromatic heterocycles. The topological polar surface area (TPSA) is 45.7 Å². The second kappa shape index (κ2) is 6.69. The van der Waals surface area contributed by atoms with E-state index >= 15 is 0 Å². The van der Waals surface area contributed by atoms with Crippen LogP contribution in [0.4, 0.5) is 5.69 Å². The highest BCUT2D eigenvalue weighted by Gasteiger charge is 2.23. The van der Waals surface area contributed by atoms with Crippen molar-refractivity contribution in [2.45, 2.75) is 6.92 Å². The van der Waals surface area contributed by atoms with E-state index in [2.05, 4.69) is 22.9 Å². The number of amides is 1. The maximum absolute atomic E-state index is 12.5. The molecule has 1 amide bonds. The van der Waals surface area contributed by atoms with E-state index in [-0.39, 0.29) is 5.91 Å². The molecule has 5 heteroatoms. The lowest BCUT2D eigenvalue weighted by atomic mass is 10.1. The van der Waals surface area contributed by atoms with Gasteiger partial charge >= 0.3 is 0 Å². The molecular formula is C18H21N3O2. The Labute approximate surface area is 136 Å². The van der Waals surface area contributed by atoms with E-state index < -0.39 is 0 Å². The van der Waals surface area contributed by atoms with Gasteiger partial charge in [-0.3, -0.25) is 9.78 Å². The number of carbonyl (C=O) groups is 1. The Kier molecular flexibility index (Phi) is 4.46. The number of anilines is 1. The third kappa shape index (κ3) is 3.28. The molecule has 1 aliphatic heterocycles. The van der Waals surface area contributed by atoms with Crippen molar-refractivity contribution in [1.29, 1.82) is 0 Å². The third-order valence-corrected chi connectivity index (χ3v) is 4.15. The van der Waals surface area contributed by atoms with Gasteiger partial charge in [0.05, 0.1) is 18.4 Å². The fourth-order valence-electron chi connectivity index (χ4n) is 2.87. The molecule has 23 heavy (non-hydrogen) atoms. The van der Waals surface area contributed by atoms with E-state index in [1.807, 2.05) is 23.1 Å². The van der Waals surface area contributed by atoms with E-state index in [1.54, 1.807) is 25.6 Å². The van der Waals surface area contributed by atoms with Crippen LogP contribution in [0, 0.1) is 6.92 Å². The van der Waals surface area contributed by atoms with Gasteiger partial charge in [0.1, 0.15) is 5.75 Å². The maximum Gasteiger partial charge on any atom is 0.255 e. The predicted molar refractivity (Wildman–Crippen MR) is 90.1 cm³/mol. The van der Waals surface area contributed by atoms with Crippen molar-refractivity contribution in [3.8, 4) is 5.75 Å². The quantitative estimate of drug-likeness (QED) is 0.873. The molecule has 0 saturated carbocycles. The minimum absolute atomic E-state index is 0.0500. The Bertz CT molecular complexity index is 680. The average Bonchev–Trinajstić information content (AvgIpc) is 2.62. The van der Waals surface area contributed by atoms with Gasteiger partial charge in [0.25, 0.3) is 5.91 Å². The Morgan fingerprint density at radius 1 is 1.17 bits per heavy atom. The van der Waals surface area contributed by atoms with Gasteiger partial charge in [-0.25, -0.2) is 0 Å².